The first-order valence-electron chi connectivity index (χ1n) is 7.48. The topological polar surface area (TPSA) is 129 Å². The second kappa shape index (κ2) is 7.31. The van der Waals surface area contributed by atoms with Crippen LogP contribution in [0.1, 0.15) is 21.9 Å². The first kappa shape index (κ1) is 17.5. The zero-order valence-corrected chi connectivity index (χ0v) is 15.1. The number of hydrogen-bond acceptors (Lipinski definition) is 9. The maximum absolute atomic E-state index is 12.3. The largest absolute Gasteiger partial charge is 0.479 e. The molecule has 0 saturated carbocycles. The van der Waals surface area contributed by atoms with E-state index in [4.69, 9.17) is 14.9 Å². The molecule has 0 aliphatic rings. The molecule has 1 amide bonds. The number of nitrogens with two attached hydrogens (primary N) is 1. The molecule has 0 atom stereocenters. The van der Waals surface area contributed by atoms with Crippen molar-refractivity contribution in [2.75, 3.05) is 19.5 Å². The van der Waals surface area contributed by atoms with E-state index >= 15 is 0 Å². The lowest BCUT2D eigenvalue weighted by atomic mass is 10.1. The normalized spacial score (nSPS) is 12.0. The maximum atomic E-state index is 12.3. The van der Waals surface area contributed by atoms with Gasteiger partial charge >= 0.3 is 0 Å². The van der Waals surface area contributed by atoms with Gasteiger partial charge in [0.05, 0.1) is 11.8 Å². The molecule has 0 saturated heterocycles. The fraction of sp³-hybridized carbons (Fsp3) is 0.188. The summed E-state index contributed by atoms with van der Waals surface area (Å²) in [7, 11) is 3.15. The van der Waals surface area contributed by atoms with E-state index in [9.17, 15) is 4.79 Å². The molecule has 10 heteroatoms. The van der Waals surface area contributed by atoms with E-state index in [-0.39, 0.29) is 5.69 Å². The number of rotatable bonds is 5. The third kappa shape index (κ3) is 3.26. The first-order chi connectivity index (χ1) is 12.6. The van der Waals surface area contributed by atoms with Gasteiger partial charge in [-0.05, 0) is 0 Å². The monoisotopic (exact) mass is 372 g/mol. The molecule has 3 rings (SSSR count). The third-order valence-electron chi connectivity index (χ3n) is 3.41. The molecular weight excluding hydrogens is 356 g/mol. The molecule has 3 aromatic heterocycles. The minimum atomic E-state index is -0.418. The van der Waals surface area contributed by atoms with Crippen molar-refractivity contribution in [1.29, 1.82) is 0 Å². The van der Waals surface area contributed by atoms with Crippen molar-refractivity contribution >= 4 is 44.4 Å². The predicted octanol–water partition coefficient (Wildman–Crippen LogP) is 2.25. The number of thiazole rings is 1. The number of anilines is 1. The minimum absolute atomic E-state index is 0.174. The Labute approximate surface area is 152 Å². The number of pyridine rings is 1. The molecule has 9 nitrogen and oxygen atoms in total. The summed E-state index contributed by atoms with van der Waals surface area (Å²) < 4.78 is 11.1. The number of oxazole rings is 1. The van der Waals surface area contributed by atoms with Crippen molar-refractivity contribution in [3.05, 3.63) is 35.8 Å². The number of carbonyl (C=O) groups excluding carboxylic acids is 1. The van der Waals surface area contributed by atoms with Crippen LogP contribution in [-0.4, -0.2) is 41.2 Å². The molecule has 0 radical (unpaired) electrons. The maximum Gasteiger partial charge on any atom is 0.279 e. The predicted molar refractivity (Wildman–Crippen MR) is 99.7 cm³/mol. The Bertz CT molecular complexity index is 1020. The number of aromatic nitrogens is 3. The summed E-state index contributed by atoms with van der Waals surface area (Å²) in [6.45, 7) is 1.66. The van der Waals surface area contributed by atoms with Crippen LogP contribution in [0, 0.1) is 6.92 Å². The Kier molecular flexibility index (Phi) is 4.94. The van der Waals surface area contributed by atoms with Gasteiger partial charge in [0.1, 0.15) is 11.8 Å². The molecule has 3 N–H and O–H groups in total. The molecule has 134 valence electrons. The number of amides is 1. The van der Waals surface area contributed by atoms with E-state index in [2.05, 4.69) is 25.3 Å². The van der Waals surface area contributed by atoms with E-state index in [1.165, 1.54) is 30.9 Å². The summed E-state index contributed by atoms with van der Waals surface area (Å²) in [5.74, 6) is 0.339. The smallest absolute Gasteiger partial charge is 0.279 e. The number of hydrogen-bond donors (Lipinski definition) is 2. The van der Waals surface area contributed by atoms with Crippen LogP contribution in [0.5, 0.6) is 5.88 Å². The summed E-state index contributed by atoms with van der Waals surface area (Å²) in [5, 5.41) is 3.08. The second-order valence-corrected chi connectivity index (χ2v) is 6.09. The average molecular weight is 372 g/mol. The number of aliphatic imine (C=N–C) groups is 1. The Morgan fingerprint density at radius 1 is 1.46 bits per heavy atom. The molecular formula is C16H16N6O3S. The summed E-state index contributed by atoms with van der Waals surface area (Å²) in [4.78, 5) is 28.9. The lowest BCUT2D eigenvalue weighted by Crippen LogP contribution is -2.12. The van der Waals surface area contributed by atoms with Gasteiger partial charge in [-0.2, -0.15) is 0 Å². The summed E-state index contributed by atoms with van der Waals surface area (Å²) in [6, 6.07) is 0. The fourth-order valence-corrected chi connectivity index (χ4v) is 3.25. The number of allylic oxidation sites excluding steroid dienone is 1. The summed E-state index contributed by atoms with van der Waals surface area (Å²) in [6.07, 6.45) is 5.98. The molecule has 26 heavy (non-hydrogen) atoms. The lowest BCUT2D eigenvalue weighted by molar-refractivity contribution is 0.102. The minimum Gasteiger partial charge on any atom is -0.479 e. The summed E-state index contributed by atoms with van der Waals surface area (Å²) in [5.41, 5.74) is 7.82. The van der Waals surface area contributed by atoms with E-state index in [0.717, 1.165) is 10.3 Å². The summed E-state index contributed by atoms with van der Waals surface area (Å²) >= 11 is 1.27. The van der Waals surface area contributed by atoms with E-state index in [1.54, 1.807) is 26.4 Å². The van der Waals surface area contributed by atoms with Gasteiger partial charge in [-0.15, -0.1) is 0 Å². The van der Waals surface area contributed by atoms with Crippen LogP contribution < -0.4 is 15.8 Å². The highest BCUT2D eigenvalue weighted by atomic mass is 32.1. The molecule has 0 spiro atoms. The molecule has 0 unspecified atom stereocenters. The van der Waals surface area contributed by atoms with Crippen molar-refractivity contribution in [1.82, 2.24) is 15.0 Å². The number of aryl methyl sites for hydroxylation is 1. The van der Waals surface area contributed by atoms with Crippen molar-refractivity contribution in [3.8, 4) is 5.88 Å². The van der Waals surface area contributed by atoms with Gasteiger partial charge in [-0.3, -0.25) is 15.1 Å². The Morgan fingerprint density at radius 2 is 2.27 bits per heavy atom. The van der Waals surface area contributed by atoms with Gasteiger partial charge in [-0.25, -0.2) is 15.0 Å². The van der Waals surface area contributed by atoms with Crippen molar-refractivity contribution in [3.63, 3.8) is 0 Å². The Balaban J connectivity index is 2.04. The molecule has 0 bridgehead atoms. The van der Waals surface area contributed by atoms with Gasteiger partial charge in [0.15, 0.2) is 16.7 Å². The van der Waals surface area contributed by atoms with E-state index in [1.807, 2.05) is 0 Å². The van der Waals surface area contributed by atoms with Crippen LogP contribution in [0.25, 0.3) is 15.8 Å². The number of carbonyl (C=O) groups is 1. The highest BCUT2D eigenvalue weighted by molar-refractivity contribution is 7.22. The number of nitrogens with one attached hydrogen (secondary N) is 1. The van der Waals surface area contributed by atoms with Gasteiger partial charge in [-0.1, -0.05) is 11.3 Å². The first-order valence-corrected chi connectivity index (χ1v) is 8.30. The molecule has 0 aromatic carbocycles. The standard InChI is InChI=1S/C16H16N6O3S/c1-8-20-11(7-25-8)14(23)22-16-21-12-13(26-16)10(6-19-15(12)24-3)9(4-17)5-18-2/h4-7H,17H2,1-3H3,(H,21,22,23)/b9-4+,18-5?. The SMILES string of the molecule is CN=C/C(=C\N)c1cnc(OC)c2nc(NC(=O)c3coc(C)n3)sc12. The highest BCUT2D eigenvalue weighted by Gasteiger charge is 2.18. The van der Waals surface area contributed by atoms with Crippen molar-refractivity contribution < 1.29 is 13.9 Å². The van der Waals surface area contributed by atoms with Gasteiger partial charge in [0.2, 0.25) is 5.88 Å². The number of fused-ring (bicyclic) bond motifs is 1. The van der Waals surface area contributed by atoms with E-state index < -0.39 is 5.91 Å². The van der Waals surface area contributed by atoms with Crippen LogP contribution in [0.15, 0.2) is 28.1 Å². The average Bonchev–Trinajstić information content (AvgIpc) is 3.25. The molecule has 3 heterocycles. The van der Waals surface area contributed by atoms with Gasteiger partial charge in [0.25, 0.3) is 5.91 Å². The zero-order chi connectivity index (χ0) is 18.7. The third-order valence-corrected chi connectivity index (χ3v) is 4.41. The lowest BCUT2D eigenvalue weighted by Gasteiger charge is -2.04. The van der Waals surface area contributed by atoms with Crippen LogP contribution in [0.4, 0.5) is 5.13 Å². The molecule has 0 aliphatic carbocycles. The highest BCUT2D eigenvalue weighted by Crippen LogP contribution is 2.36. The Hall–Kier alpha value is -3.27. The van der Waals surface area contributed by atoms with Crippen LogP contribution >= 0.6 is 11.3 Å². The second-order valence-electron chi connectivity index (χ2n) is 5.09. The zero-order valence-electron chi connectivity index (χ0n) is 14.3. The van der Waals surface area contributed by atoms with Gasteiger partial charge in [0, 0.05) is 43.7 Å². The van der Waals surface area contributed by atoms with Crippen molar-refractivity contribution in [2.24, 2.45) is 10.7 Å². The van der Waals surface area contributed by atoms with E-state index in [0.29, 0.717) is 28.0 Å². The Morgan fingerprint density at radius 3 is 2.88 bits per heavy atom. The van der Waals surface area contributed by atoms with Gasteiger partial charge < -0.3 is 14.9 Å². The number of methoxy groups -OCH3 is 1. The van der Waals surface area contributed by atoms with Crippen LogP contribution in [0.2, 0.25) is 0 Å². The number of nitrogens with zero attached hydrogens (tertiary/aromatic N) is 4. The van der Waals surface area contributed by atoms with Crippen LogP contribution in [-0.2, 0) is 0 Å². The quantitative estimate of drug-likeness (QED) is 0.657. The molecule has 3 aromatic rings. The van der Waals surface area contributed by atoms with Crippen molar-refractivity contribution in [2.45, 2.75) is 6.92 Å². The molecule has 0 fully saturated rings. The van der Waals surface area contributed by atoms with Crippen LogP contribution in [0.3, 0.4) is 0 Å². The fourth-order valence-electron chi connectivity index (χ4n) is 2.27. The number of ether oxygens (including phenoxy) is 1. The molecule has 0 aliphatic heterocycles.